The van der Waals surface area contributed by atoms with Crippen LogP contribution in [0.3, 0.4) is 0 Å². The lowest BCUT2D eigenvalue weighted by molar-refractivity contribution is -0.140. The summed E-state index contributed by atoms with van der Waals surface area (Å²) in [5.41, 5.74) is 3.59. The summed E-state index contributed by atoms with van der Waals surface area (Å²) in [6.07, 6.45) is 3.96. The van der Waals surface area contributed by atoms with Crippen molar-refractivity contribution in [1.82, 2.24) is 0 Å². The van der Waals surface area contributed by atoms with Crippen LogP contribution in [0.1, 0.15) is 38.3 Å². The van der Waals surface area contributed by atoms with Gasteiger partial charge in [0, 0.05) is 12.5 Å². The van der Waals surface area contributed by atoms with E-state index in [1.165, 1.54) is 22.3 Å². The Bertz CT molecular complexity index is 503. The second-order valence-electron chi connectivity index (χ2n) is 5.27. The standard InChI is InChI=1S/C13H17NO2S2/c1-8(15)16-14-10-6-13(2,3)5-9-7-18-12(17-4)11(9)10/h7H,5-6H2,1-4H3/b14-10+. The fourth-order valence-corrected chi connectivity index (χ4v) is 4.07. The molecule has 0 bridgehead atoms. The Kier molecular flexibility index (Phi) is 3.82. The number of carbonyl (C=O) groups is 1. The Morgan fingerprint density at radius 1 is 1.50 bits per heavy atom. The van der Waals surface area contributed by atoms with E-state index in [2.05, 4.69) is 30.6 Å². The molecule has 1 aliphatic rings. The van der Waals surface area contributed by atoms with Gasteiger partial charge in [-0.2, -0.15) is 0 Å². The maximum atomic E-state index is 10.9. The van der Waals surface area contributed by atoms with E-state index in [0.29, 0.717) is 0 Å². The molecule has 3 nitrogen and oxygen atoms in total. The molecule has 1 heterocycles. The summed E-state index contributed by atoms with van der Waals surface area (Å²) in [5.74, 6) is -0.367. The van der Waals surface area contributed by atoms with Gasteiger partial charge >= 0.3 is 5.97 Å². The van der Waals surface area contributed by atoms with Crippen LogP contribution in [0.5, 0.6) is 0 Å². The molecule has 0 aromatic carbocycles. The molecule has 0 radical (unpaired) electrons. The highest BCUT2D eigenvalue weighted by molar-refractivity contribution is 8.00. The zero-order valence-corrected chi connectivity index (χ0v) is 12.7. The van der Waals surface area contributed by atoms with Gasteiger partial charge in [-0.05, 0) is 35.5 Å². The molecule has 0 saturated heterocycles. The molecule has 0 atom stereocenters. The lowest BCUT2D eigenvalue weighted by Gasteiger charge is -2.30. The smallest absolute Gasteiger partial charge is 0.318 e. The van der Waals surface area contributed by atoms with E-state index in [-0.39, 0.29) is 11.4 Å². The van der Waals surface area contributed by atoms with Gasteiger partial charge < -0.3 is 4.84 Å². The molecule has 98 valence electrons. The molecular weight excluding hydrogens is 266 g/mol. The van der Waals surface area contributed by atoms with Gasteiger partial charge in [0.05, 0.1) is 9.92 Å². The van der Waals surface area contributed by atoms with Crippen LogP contribution in [0.2, 0.25) is 0 Å². The largest absolute Gasteiger partial charge is 0.331 e. The first-order chi connectivity index (χ1) is 8.43. The first kappa shape index (κ1) is 13.6. The Labute approximate surface area is 116 Å². The average molecular weight is 283 g/mol. The van der Waals surface area contributed by atoms with Crippen molar-refractivity contribution in [2.45, 2.75) is 37.8 Å². The third-order valence-corrected chi connectivity index (χ3v) is 5.09. The summed E-state index contributed by atoms with van der Waals surface area (Å²) in [6.45, 7) is 5.81. The third-order valence-electron chi connectivity index (χ3n) is 2.91. The number of fused-ring (bicyclic) bond motifs is 1. The molecule has 1 aromatic rings. The van der Waals surface area contributed by atoms with Gasteiger partial charge in [-0.3, -0.25) is 0 Å². The summed E-state index contributed by atoms with van der Waals surface area (Å²) in [5, 5.41) is 6.26. The Hall–Kier alpha value is -0.810. The fourth-order valence-electron chi connectivity index (χ4n) is 2.27. The van der Waals surface area contributed by atoms with Gasteiger partial charge in [-0.1, -0.05) is 19.0 Å². The van der Waals surface area contributed by atoms with Crippen molar-refractivity contribution < 1.29 is 9.63 Å². The highest BCUT2D eigenvalue weighted by Crippen LogP contribution is 2.42. The molecule has 18 heavy (non-hydrogen) atoms. The van der Waals surface area contributed by atoms with Gasteiger partial charge in [-0.25, -0.2) is 4.79 Å². The quantitative estimate of drug-likeness (QED) is 0.472. The number of oxime groups is 1. The van der Waals surface area contributed by atoms with Crippen molar-refractivity contribution in [3.8, 4) is 0 Å². The molecule has 0 spiro atoms. The first-order valence-electron chi connectivity index (χ1n) is 5.82. The van der Waals surface area contributed by atoms with Crippen LogP contribution in [-0.2, 0) is 16.1 Å². The molecule has 0 unspecified atom stereocenters. The monoisotopic (exact) mass is 283 g/mol. The molecular formula is C13H17NO2S2. The van der Waals surface area contributed by atoms with E-state index in [0.717, 1.165) is 18.6 Å². The molecule has 2 rings (SSSR count). The highest BCUT2D eigenvalue weighted by atomic mass is 32.2. The summed E-state index contributed by atoms with van der Waals surface area (Å²) >= 11 is 3.47. The number of thiophene rings is 1. The van der Waals surface area contributed by atoms with Crippen molar-refractivity contribution in [2.75, 3.05) is 6.26 Å². The van der Waals surface area contributed by atoms with E-state index in [9.17, 15) is 4.79 Å². The predicted octanol–water partition coefficient (Wildman–Crippen LogP) is 3.71. The second kappa shape index (κ2) is 5.05. The van der Waals surface area contributed by atoms with Gasteiger partial charge in [0.1, 0.15) is 0 Å². The summed E-state index contributed by atoms with van der Waals surface area (Å²) in [4.78, 5) is 15.8. The normalized spacial score (nSPS) is 19.7. The van der Waals surface area contributed by atoms with E-state index in [4.69, 9.17) is 4.84 Å². The summed E-state index contributed by atoms with van der Waals surface area (Å²) in [7, 11) is 0. The van der Waals surface area contributed by atoms with Crippen LogP contribution in [0.25, 0.3) is 0 Å². The lowest BCUT2D eigenvalue weighted by atomic mass is 9.75. The van der Waals surface area contributed by atoms with Crippen LogP contribution < -0.4 is 0 Å². The average Bonchev–Trinajstić information content (AvgIpc) is 2.66. The number of hydrogen-bond donors (Lipinski definition) is 0. The second-order valence-corrected chi connectivity index (χ2v) is 7.22. The first-order valence-corrected chi connectivity index (χ1v) is 7.92. The van der Waals surface area contributed by atoms with E-state index >= 15 is 0 Å². The Balaban J connectivity index is 2.43. The van der Waals surface area contributed by atoms with Crippen molar-refractivity contribution in [3.05, 3.63) is 16.5 Å². The number of rotatable bonds is 2. The molecule has 0 saturated carbocycles. The SMILES string of the molecule is CSc1scc2c1/C(=N/OC(C)=O)CC(C)(C)C2. The lowest BCUT2D eigenvalue weighted by Crippen LogP contribution is -2.27. The molecule has 0 amide bonds. The summed E-state index contributed by atoms with van der Waals surface area (Å²) in [6, 6.07) is 0. The molecule has 1 aromatic heterocycles. The Morgan fingerprint density at radius 3 is 2.83 bits per heavy atom. The number of carbonyl (C=O) groups excluding carboxylic acids is 1. The molecule has 0 N–H and O–H groups in total. The zero-order valence-electron chi connectivity index (χ0n) is 11.1. The Morgan fingerprint density at radius 2 is 2.22 bits per heavy atom. The van der Waals surface area contributed by atoms with E-state index in [1.54, 1.807) is 23.1 Å². The predicted molar refractivity (Wildman–Crippen MR) is 76.5 cm³/mol. The van der Waals surface area contributed by atoms with E-state index in [1.807, 2.05) is 0 Å². The van der Waals surface area contributed by atoms with Crippen molar-refractivity contribution in [1.29, 1.82) is 0 Å². The van der Waals surface area contributed by atoms with Crippen LogP contribution >= 0.6 is 23.1 Å². The minimum atomic E-state index is -0.367. The number of hydrogen-bond acceptors (Lipinski definition) is 5. The van der Waals surface area contributed by atoms with Crippen LogP contribution in [0.4, 0.5) is 0 Å². The summed E-state index contributed by atoms with van der Waals surface area (Å²) < 4.78 is 1.26. The van der Waals surface area contributed by atoms with Crippen LogP contribution in [0, 0.1) is 5.41 Å². The van der Waals surface area contributed by atoms with E-state index < -0.39 is 0 Å². The van der Waals surface area contributed by atoms with Crippen LogP contribution in [0.15, 0.2) is 14.7 Å². The minimum absolute atomic E-state index is 0.169. The molecule has 0 aliphatic heterocycles. The van der Waals surface area contributed by atoms with Gasteiger partial charge in [0.15, 0.2) is 0 Å². The molecule has 5 heteroatoms. The van der Waals surface area contributed by atoms with Gasteiger partial charge in [0.2, 0.25) is 0 Å². The van der Waals surface area contributed by atoms with Crippen molar-refractivity contribution >= 4 is 34.8 Å². The molecule has 1 aliphatic carbocycles. The highest BCUT2D eigenvalue weighted by Gasteiger charge is 2.32. The maximum absolute atomic E-state index is 10.9. The number of nitrogens with zero attached hydrogens (tertiary/aromatic N) is 1. The van der Waals surface area contributed by atoms with Gasteiger partial charge in [-0.15, -0.1) is 23.1 Å². The van der Waals surface area contributed by atoms with Crippen LogP contribution in [-0.4, -0.2) is 17.9 Å². The zero-order chi connectivity index (χ0) is 13.3. The third kappa shape index (κ3) is 2.78. The number of thioether (sulfide) groups is 1. The topological polar surface area (TPSA) is 38.7 Å². The van der Waals surface area contributed by atoms with Gasteiger partial charge in [0.25, 0.3) is 0 Å². The maximum Gasteiger partial charge on any atom is 0.331 e. The minimum Gasteiger partial charge on any atom is -0.318 e. The molecule has 0 fully saturated rings. The van der Waals surface area contributed by atoms with Crippen molar-refractivity contribution in [3.63, 3.8) is 0 Å². The fraction of sp³-hybridized carbons (Fsp3) is 0.538. The van der Waals surface area contributed by atoms with Crippen molar-refractivity contribution in [2.24, 2.45) is 10.6 Å².